The van der Waals surface area contributed by atoms with Gasteiger partial charge in [0.05, 0.1) is 17.3 Å². The Balaban J connectivity index is 2.50. The summed E-state index contributed by atoms with van der Waals surface area (Å²) in [5.74, 6) is 0.461. The minimum Gasteiger partial charge on any atom is -0.377 e. The molecule has 0 aliphatic heterocycles. The summed E-state index contributed by atoms with van der Waals surface area (Å²) < 4.78 is 4.93. The fraction of sp³-hybridized carbons (Fsp3) is 0.154. The third-order valence-electron chi connectivity index (χ3n) is 2.36. The third-order valence-corrected chi connectivity index (χ3v) is 2.36. The van der Waals surface area contributed by atoms with Gasteiger partial charge in [0.25, 0.3) is 5.56 Å². The highest BCUT2D eigenvalue weighted by Gasteiger charge is 2.04. The van der Waals surface area contributed by atoms with Crippen molar-refractivity contribution in [3.8, 4) is 17.3 Å². The molecule has 0 bridgehead atoms. The van der Waals surface area contributed by atoms with E-state index in [9.17, 15) is 4.79 Å². The predicted molar refractivity (Wildman–Crippen MR) is 65.7 cm³/mol. The molecule has 0 radical (unpaired) electrons. The summed E-state index contributed by atoms with van der Waals surface area (Å²) in [6.45, 7) is 0.237. The fourth-order valence-corrected chi connectivity index (χ4v) is 1.61. The molecule has 0 unspecified atom stereocenters. The van der Waals surface area contributed by atoms with Crippen molar-refractivity contribution in [2.75, 3.05) is 7.11 Å². The highest BCUT2D eigenvalue weighted by atomic mass is 16.5. The van der Waals surface area contributed by atoms with Gasteiger partial charge in [0, 0.05) is 18.7 Å². The molecule has 0 aliphatic carbocycles. The van der Waals surface area contributed by atoms with Gasteiger partial charge in [-0.05, 0) is 12.1 Å². The van der Waals surface area contributed by atoms with E-state index >= 15 is 0 Å². The summed E-state index contributed by atoms with van der Waals surface area (Å²) >= 11 is 0. The summed E-state index contributed by atoms with van der Waals surface area (Å²) in [4.78, 5) is 18.4. The maximum Gasteiger partial charge on any atom is 0.251 e. The standard InChI is InChI=1S/C13H11N3O2/c1-18-8-12-15-11(6-13(17)16-12)10-4-2-3-9(5-10)7-14/h2-6H,8H2,1H3,(H,15,16,17). The minimum atomic E-state index is -0.241. The Kier molecular flexibility index (Phi) is 3.51. The Morgan fingerprint density at radius 1 is 1.44 bits per heavy atom. The molecule has 18 heavy (non-hydrogen) atoms. The molecule has 0 saturated carbocycles. The summed E-state index contributed by atoms with van der Waals surface area (Å²) in [6.07, 6.45) is 0. The summed E-state index contributed by atoms with van der Waals surface area (Å²) in [6, 6.07) is 10.4. The van der Waals surface area contributed by atoms with Crippen LogP contribution in [-0.4, -0.2) is 17.1 Å². The number of ether oxygens (including phenoxy) is 1. The monoisotopic (exact) mass is 241 g/mol. The van der Waals surface area contributed by atoms with Crippen LogP contribution in [0.25, 0.3) is 11.3 Å². The first-order valence-corrected chi connectivity index (χ1v) is 5.32. The molecule has 0 fully saturated rings. The first kappa shape index (κ1) is 12.0. The van der Waals surface area contributed by atoms with Crippen LogP contribution in [0.1, 0.15) is 11.4 Å². The van der Waals surface area contributed by atoms with Gasteiger partial charge in [0.1, 0.15) is 12.4 Å². The molecule has 90 valence electrons. The predicted octanol–water partition coefficient (Wildman–Crippen LogP) is 1.45. The number of nitrogens with zero attached hydrogens (tertiary/aromatic N) is 2. The zero-order valence-corrected chi connectivity index (χ0v) is 9.80. The van der Waals surface area contributed by atoms with Crippen LogP contribution in [0.4, 0.5) is 0 Å². The van der Waals surface area contributed by atoms with Crippen LogP contribution in [0.2, 0.25) is 0 Å². The van der Waals surface area contributed by atoms with E-state index in [2.05, 4.69) is 16.0 Å². The lowest BCUT2D eigenvalue weighted by Crippen LogP contribution is -2.11. The van der Waals surface area contributed by atoms with Crippen LogP contribution < -0.4 is 5.56 Å². The normalized spacial score (nSPS) is 10.0. The lowest BCUT2D eigenvalue weighted by molar-refractivity contribution is 0.177. The molecule has 2 rings (SSSR count). The van der Waals surface area contributed by atoms with Crippen LogP contribution in [0.3, 0.4) is 0 Å². The maximum atomic E-state index is 11.5. The van der Waals surface area contributed by atoms with Gasteiger partial charge in [-0.3, -0.25) is 4.79 Å². The SMILES string of the molecule is COCc1nc(-c2cccc(C#N)c2)cc(=O)[nH]1. The number of aromatic nitrogens is 2. The van der Waals surface area contributed by atoms with Crippen molar-refractivity contribution in [3.05, 3.63) is 52.1 Å². The van der Waals surface area contributed by atoms with Crippen LogP contribution >= 0.6 is 0 Å². The van der Waals surface area contributed by atoms with Crippen molar-refractivity contribution in [3.63, 3.8) is 0 Å². The highest BCUT2D eigenvalue weighted by molar-refractivity contribution is 5.60. The van der Waals surface area contributed by atoms with Crippen LogP contribution in [-0.2, 0) is 11.3 Å². The molecule has 0 saturated heterocycles. The number of methoxy groups -OCH3 is 1. The van der Waals surface area contributed by atoms with Crippen LogP contribution in [0.5, 0.6) is 0 Å². The Morgan fingerprint density at radius 3 is 3.00 bits per heavy atom. The molecule has 1 aromatic heterocycles. The van der Waals surface area contributed by atoms with E-state index in [1.807, 2.05) is 0 Å². The van der Waals surface area contributed by atoms with Gasteiger partial charge >= 0.3 is 0 Å². The van der Waals surface area contributed by atoms with Crippen molar-refractivity contribution in [2.24, 2.45) is 0 Å². The zero-order chi connectivity index (χ0) is 13.0. The number of nitrogens with one attached hydrogen (secondary N) is 1. The first-order valence-electron chi connectivity index (χ1n) is 5.32. The zero-order valence-electron chi connectivity index (χ0n) is 9.80. The number of hydrogen-bond acceptors (Lipinski definition) is 4. The largest absolute Gasteiger partial charge is 0.377 e. The van der Waals surface area contributed by atoms with Crippen molar-refractivity contribution >= 4 is 0 Å². The average Bonchev–Trinajstić information content (AvgIpc) is 2.38. The number of rotatable bonds is 3. The van der Waals surface area contributed by atoms with Gasteiger partial charge in [-0.25, -0.2) is 4.98 Å². The molecule has 1 aromatic carbocycles. The van der Waals surface area contributed by atoms with Crippen molar-refractivity contribution in [1.29, 1.82) is 5.26 Å². The molecule has 1 heterocycles. The fourth-order valence-electron chi connectivity index (χ4n) is 1.61. The van der Waals surface area contributed by atoms with Crippen LogP contribution in [0, 0.1) is 11.3 Å². The summed E-state index contributed by atoms with van der Waals surface area (Å²) in [5, 5.41) is 8.84. The van der Waals surface area contributed by atoms with Gasteiger partial charge in [-0.1, -0.05) is 12.1 Å². The Morgan fingerprint density at radius 2 is 2.28 bits per heavy atom. The number of hydrogen-bond donors (Lipinski definition) is 1. The van der Waals surface area contributed by atoms with Gasteiger partial charge in [0.2, 0.25) is 0 Å². The molecular formula is C13H11N3O2. The molecule has 5 heteroatoms. The molecule has 5 nitrogen and oxygen atoms in total. The van der Waals surface area contributed by atoms with E-state index in [-0.39, 0.29) is 12.2 Å². The second-order valence-electron chi connectivity index (χ2n) is 3.70. The summed E-state index contributed by atoms with van der Waals surface area (Å²) in [7, 11) is 1.53. The van der Waals surface area contributed by atoms with Crippen molar-refractivity contribution in [1.82, 2.24) is 9.97 Å². The number of benzene rings is 1. The minimum absolute atomic E-state index is 0.237. The number of aromatic amines is 1. The molecule has 2 aromatic rings. The molecule has 1 N–H and O–H groups in total. The van der Waals surface area contributed by atoms with Gasteiger partial charge in [-0.15, -0.1) is 0 Å². The summed E-state index contributed by atoms with van der Waals surface area (Å²) in [5.41, 5.74) is 1.55. The Labute approximate surface area is 104 Å². The average molecular weight is 241 g/mol. The topological polar surface area (TPSA) is 78.8 Å². The molecule has 0 atom stereocenters. The molecule has 0 aliphatic rings. The van der Waals surface area contributed by atoms with Gasteiger partial charge in [-0.2, -0.15) is 5.26 Å². The number of nitriles is 1. The van der Waals surface area contributed by atoms with E-state index in [4.69, 9.17) is 10.00 Å². The van der Waals surface area contributed by atoms with Gasteiger partial charge < -0.3 is 9.72 Å². The molecular weight excluding hydrogens is 230 g/mol. The van der Waals surface area contributed by atoms with Crippen LogP contribution in [0.15, 0.2) is 35.1 Å². The smallest absolute Gasteiger partial charge is 0.251 e. The first-order chi connectivity index (χ1) is 8.72. The Hall–Kier alpha value is -2.45. The second kappa shape index (κ2) is 5.25. The maximum absolute atomic E-state index is 11.5. The van der Waals surface area contributed by atoms with E-state index in [1.54, 1.807) is 24.3 Å². The third kappa shape index (κ3) is 2.62. The number of H-pyrrole nitrogens is 1. The van der Waals surface area contributed by atoms with Crippen molar-refractivity contribution < 1.29 is 4.74 Å². The van der Waals surface area contributed by atoms with E-state index < -0.39 is 0 Å². The van der Waals surface area contributed by atoms with E-state index in [1.165, 1.54) is 13.2 Å². The van der Waals surface area contributed by atoms with E-state index in [0.717, 1.165) is 5.56 Å². The molecule has 0 spiro atoms. The lowest BCUT2D eigenvalue weighted by Gasteiger charge is -2.04. The quantitative estimate of drug-likeness (QED) is 0.882. The van der Waals surface area contributed by atoms with Crippen molar-refractivity contribution in [2.45, 2.75) is 6.61 Å². The Bertz CT molecular complexity index is 656. The lowest BCUT2D eigenvalue weighted by atomic mass is 10.1. The van der Waals surface area contributed by atoms with Gasteiger partial charge in [0.15, 0.2) is 0 Å². The molecule has 0 amide bonds. The second-order valence-corrected chi connectivity index (χ2v) is 3.70. The highest BCUT2D eigenvalue weighted by Crippen LogP contribution is 2.16. The van der Waals surface area contributed by atoms with E-state index in [0.29, 0.717) is 17.1 Å².